The molecule has 2 amide bonds. The van der Waals surface area contributed by atoms with E-state index in [2.05, 4.69) is 10.6 Å². The highest BCUT2D eigenvalue weighted by Crippen LogP contribution is 2.14. The van der Waals surface area contributed by atoms with Crippen LogP contribution in [0, 0.1) is 6.92 Å². The van der Waals surface area contributed by atoms with Crippen LogP contribution in [0.5, 0.6) is 0 Å². The Hall–Kier alpha value is -3.13. The molecule has 0 unspecified atom stereocenters. The quantitative estimate of drug-likeness (QED) is 0.684. The lowest BCUT2D eigenvalue weighted by molar-refractivity contribution is -0.116. The van der Waals surface area contributed by atoms with Crippen LogP contribution < -0.4 is 16.2 Å². The first-order valence-electron chi connectivity index (χ1n) is 8.43. The number of nitrogens with zero attached hydrogens (tertiary/aromatic N) is 2. The molecule has 2 heterocycles. The third kappa shape index (κ3) is 4.01. The first kappa shape index (κ1) is 18.7. The zero-order valence-electron chi connectivity index (χ0n) is 15.1. The molecule has 0 radical (unpaired) electrons. The van der Waals surface area contributed by atoms with Crippen molar-refractivity contribution in [1.82, 2.24) is 14.7 Å². The summed E-state index contributed by atoms with van der Waals surface area (Å²) in [5, 5.41) is 8.93. The molecular weight excluding hydrogens is 364 g/mol. The second-order valence-corrected chi connectivity index (χ2v) is 6.78. The van der Waals surface area contributed by atoms with Crippen LogP contribution in [0.3, 0.4) is 0 Å². The molecule has 0 aliphatic heterocycles. The number of nitrogens with one attached hydrogen (secondary N) is 2. The highest BCUT2D eigenvalue weighted by Gasteiger charge is 2.18. The van der Waals surface area contributed by atoms with Crippen LogP contribution in [-0.4, -0.2) is 27.7 Å². The fraction of sp³-hybridized carbons (Fsp3) is 0.211. The van der Waals surface area contributed by atoms with Crippen LogP contribution in [0.25, 0.3) is 5.69 Å². The Morgan fingerprint density at radius 2 is 1.89 bits per heavy atom. The number of benzene rings is 1. The van der Waals surface area contributed by atoms with Gasteiger partial charge < -0.3 is 10.6 Å². The Kier molecular flexibility index (Phi) is 5.56. The van der Waals surface area contributed by atoms with Gasteiger partial charge in [-0.3, -0.25) is 19.1 Å². The maximum absolute atomic E-state index is 12.7. The van der Waals surface area contributed by atoms with Gasteiger partial charge in [0.05, 0.1) is 11.4 Å². The zero-order valence-corrected chi connectivity index (χ0v) is 15.9. The molecule has 27 heavy (non-hydrogen) atoms. The molecule has 1 aromatic carbocycles. The molecule has 0 aliphatic rings. The fourth-order valence-electron chi connectivity index (χ4n) is 2.70. The molecule has 3 aromatic rings. The van der Waals surface area contributed by atoms with E-state index in [1.54, 1.807) is 30.1 Å². The lowest BCUT2D eigenvalue weighted by Gasteiger charge is -2.07. The molecule has 2 aromatic heterocycles. The minimum atomic E-state index is -0.327. The van der Waals surface area contributed by atoms with Crippen LogP contribution in [-0.2, 0) is 11.8 Å². The molecule has 7 nitrogen and oxygen atoms in total. The summed E-state index contributed by atoms with van der Waals surface area (Å²) >= 11 is 1.43. The second kappa shape index (κ2) is 8.05. The number of rotatable bonds is 6. The van der Waals surface area contributed by atoms with Crippen molar-refractivity contribution in [3.8, 4) is 5.69 Å². The Bertz CT molecular complexity index is 1000. The molecular formula is C19H20N4O3S. The van der Waals surface area contributed by atoms with Gasteiger partial charge in [-0.15, -0.1) is 0 Å². The first-order valence-corrected chi connectivity index (χ1v) is 9.37. The van der Waals surface area contributed by atoms with Gasteiger partial charge in [-0.2, -0.15) is 11.3 Å². The lowest BCUT2D eigenvalue weighted by atomic mass is 10.3. The molecule has 0 fully saturated rings. The zero-order chi connectivity index (χ0) is 19.4. The van der Waals surface area contributed by atoms with Gasteiger partial charge >= 0.3 is 0 Å². The molecule has 0 atom stereocenters. The van der Waals surface area contributed by atoms with E-state index in [-0.39, 0.29) is 36.0 Å². The van der Waals surface area contributed by atoms with Crippen molar-refractivity contribution in [3.63, 3.8) is 0 Å². The average Bonchev–Trinajstić information content (AvgIpc) is 3.27. The Labute approximate surface area is 160 Å². The molecule has 140 valence electrons. The summed E-state index contributed by atoms with van der Waals surface area (Å²) in [6, 6.07) is 10.9. The van der Waals surface area contributed by atoms with Gasteiger partial charge in [0.2, 0.25) is 5.91 Å². The number of thiophene rings is 1. The normalized spacial score (nSPS) is 10.6. The van der Waals surface area contributed by atoms with Crippen molar-refractivity contribution in [2.75, 3.05) is 11.9 Å². The van der Waals surface area contributed by atoms with Gasteiger partial charge in [-0.1, -0.05) is 18.2 Å². The maximum Gasteiger partial charge on any atom is 0.295 e. The molecule has 0 bridgehead atoms. The summed E-state index contributed by atoms with van der Waals surface area (Å²) < 4.78 is 3.20. The molecule has 3 rings (SSSR count). The number of carbonyl (C=O) groups is 2. The van der Waals surface area contributed by atoms with Gasteiger partial charge in [0.15, 0.2) is 0 Å². The standard InChI is InChI=1S/C19H20N4O3S/c1-13-17(19(26)23(22(13)2)15-6-4-3-5-7-15)21-16(24)8-10-20-18(25)14-9-11-27-12-14/h3-7,9,11-12H,8,10H2,1-2H3,(H,20,25)(H,21,24). The number of hydrogen-bond donors (Lipinski definition) is 2. The Morgan fingerprint density at radius 1 is 1.15 bits per heavy atom. The van der Waals surface area contributed by atoms with E-state index in [1.807, 2.05) is 35.7 Å². The van der Waals surface area contributed by atoms with E-state index in [0.29, 0.717) is 11.3 Å². The highest BCUT2D eigenvalue weighted by atomic mass is 32.1. The van der Waals surface area contributed by atoms with Gasteiger partial charge in [0, 0.05) is 31.0 Å². The van der Waals surface area contributed by atoms with E-state index < -0.39 is 0 Å². The van der Waals surface area contributed by atoms with E-state index in [4.69, 9.17) is 0 Å². The molecule has 0 aliphatic carbocycles. The number of aromatic nitrogens is 2. The van der Waals surface area contributed by atoms with Crippen molar-refractivity contribution in [3.05, 3.63) is 68.8 Å². The Balaban J connectivity index is 1.66. The van der Waals surface area contributed by atoms with Crippen molar-refractivity contribution in [1.29, 1.82) is 0 Å². The summed E-state index contributed by atoms with van der Waals surface area (Å²) in [6.07, 6.45) is 0.0784. The van der Waals surface area contributed by atoms with Crippen LogP contribution >= 0.6 is 11.3 Å². The van der Waals surface area contributed by atoms with E-state index >= 15 is 0 Å². The van der Waals surface area contributed by atoms with E-state index in [1.165, 1.54) is 16.0 Å². The van der Waals surface area contributed by atoms with Crippen molar-refractivity contribution >= 4 is 28.8 Å². The van der Waals surface area contributed by atoms with Crippen molar-refractivity contribution in [2.24, 2.45) is 7.05 Å². The van der Waals surface area contributed by atoms with Gasteiger partial charge in [0.1, 0.15) is 5.69 Å². The number of hydrogen-bond acceptors (Lipinski definition) is 4. The number of para-hydroxylation sites is 1. The molecule has 2 N–H and O–H groups in total. The predicted octanol–water partition coefficient (Wildman–Crippen LogP) is 2.30. The number of anilines is 1. The number of amides is 2. The summed E-state index contributed by atoms with van der Waals surface area (Å²) in [6.45, 7) is 1.97. The van der Waals surface area contributed by atoms with Crippen LogP contribution in [0.1, 0.15) is 22.5 Å². The summed E-state index contributed by atoms with van der Waals surface area (Å²) in [7, 11) is 1.76. The van der Waals surface area contributed by atoms with Crippen molar-refractivity contribution in [2.45, 2.75) is 13.3 Å². The minimum absolute atomic E-state index is 0.0784. The third-order valence-electron chi connectivity index (χ3n) is 4.24. The second-order valence-electron chi connectivity index (χ2n) is 6.00. The SMILES string of the molecule is Cc1c(NC(=O)CCNC(=O)c2ccsc2)c(=O)n(-c2ccccc2)n1C. The first-order chi connectivity index (χ1) is 13.0. The minimum Gasteiger partial charge on any atom is -0.351 e. The summed E-state index contributed by atoms with van der Waals surface area (Å²) in [5.74, 6) is -0.544. The third-order valence-corrected chi connectivity index (χ3v) is 4.92. The highest BCUT2D eigenvalue weighted by molar-refractivity contribution is 7.08. The largest absolute Gasteiger partial charge is 0.351 e. The van der Waals surface area contributed by atoms with E-state index in [0.717, 1.165) is 5.69 Å². The maximum atomic E-state index is 12.7. The smallest absolute Gasteiger partial charge is 0.295 e. The predicted molar refractivity (Wildman–Crippen MR) is 106 cm³/mol. The van der Waals surface area contributed by atoms with Crippen molar-refractivity contribution < 1.29 is 9.59 Å². The van der Waals surface area contributed by atoms with Gasteiger partial charge in [-0.25, -0.2) is 4.68 Å². The molecule has 8 heteroatoms. The average molecular weight is 384 g/mol. The monoisotopic (exact) mass is 384 g/mol. The van der Waals surface area contributed by atoms with E-state index in [9.17, 15) is 14.4 Å². The van der Waals surface area contributed by atoms with Gasteiger partial charge in [-0.05, 0) is 30.5 Å². The molecule has 0 spiro atoms. The van der Waals surface area contributed by atoms with Gasteiger partial charge in [0.25, 0.3) is 11.5 Å². The topological polar surface area (TPSA) is 85.1 Å². The summed E-state index contributed by atoms with van der Waals surface area (Å²) in [4.78, 5) is 36.8. The van der Waals surface area contributed by atoms with Crippen LogP contribution in [0.4, 0.5) is 5.69 Å². The van der Waals surface area contributed by atoms with Crippen LogP contribution in [0.15, 0.2) is 52.0 Å². The lowest BCUT2D eigenvalue weighted by Crippen LogP contribution is -2.28. The number of carbonyl (C=O) groups excluding carboxylic acids is 2. The molecule has 0 saturated carbocycles. The van der Waals surface area contributed by atoms with Crippen LogP contribution in [0.2, 0.25) is 0 Å². The molecule has 0 saturated heterocycles. The Morgan fingerprint density at radius 3 is 2.56 bits per heavy atom. The fourth-order valence-corrected chi connectivity index (χ4v) is 3.34. The summed E-state index contributed by atoms with van der Waals surface area (Å²) in [5.41, 5.74) is 1.90.